The molecule has 3 aromatic carbocycles. The Bertz CT molecular complexity index is 1180. The van der Waals surface area contributed by atoms with Gasteiger partial charge >= 0.3 is 0 Å². The fraction of sp³-hybridized carbons (Fsp3) is 0.308. The summed E-state index contributed by atoms with van der Waals surface area (Å²) >= 11 is 0. The summed E-state index contributed by atoms with van der Waals surface area (Å²) in [5, 5.41) is 3.72. The van der Waals surface area contributed by atoms with Gasteiger partial charge in [-0.05, 0) is 42.7 Å². The number of nitrogens with one attached hydrogen (secondary N) is 1. The van der Waals surface area contributed by atoms with Crippen LogP contribution in [0.15, 0.2) is 83.8 Å². The summed E-state index contributed by atoms with van der Waals surface area (Å²) in [6.45, 7) is 4.58. The van der Waals surface area contributed by atoms with E-state index in [1.165, 1.54) is 11.1 Å². The molecule has 2 aliphatic rings. The van der Waals surface area contributed by atoms with E-state index >= 15 is 0 Å². The van der Waals surface area contributed by atoms with Crippen LogP contribution in [0.5, 0.6) is 0 Å². The quantitative estimate of drug-likeness (QED) is 0.630. The van der Waals surface area contributed by atoms with Crippen molar-refractivity contribution < 1.29 is 8.42 Å². The number of anilines is 1. The number of rotatable bonds is 4. The number of sulfonamides is 1. The Morgan fingerprint density at radius 3 is 2.32 bits per heavy atom. The van der Waals surface area contributed by atoms with Gasteiger partial charge in [0.15, 0.2) is 0 Å². The van der Waals surface area contributed by atoms with E-state index in [-0.39, 0.29) is 23.9 Å². The second-order valence-electron chi connectivity index (χ2n) is 8.67. The molecular weight excluding hydrogens is 404 g/mol. The molecule has 0 spiro atoms. The van der Waals surface area contributed by atoms with E-state index in [2.05, 4.69) is 54.7 Å². The van der Waals surface area contributed by atoms with Crippen LogP contribution < -0.4 is 5.32 Å². The molecule has 3 aromatic rings. The number of fused-ring (bicyclic) bond motifs is 2. The Labute approximate surface area is 185 Å². The van der Waals surface area contributed by atoms with Crippen LogP contribution in [0.25, 0.3) is 0 Å². The summed E-state index contributed by atoms with van der Waals surface area (Å²) in [7, 11) is -3.57. The van der Waals surface area contributed by atoms with E-state index in [0.29, 0.717) is 11.4 Å². The molecule has 2 aliphatic heterocycles. The van der Waals surface area contributed by atoms with Gasteiger partial charge in [-0.1, -0.05) is 73.2 Å². The molecule has 1 fully saturated rings. The molecule has 1 saturated heterocycles. The molecule has 4 nitrogen and oxygen atoms in total. The molecule has 5 rings (SSSR count). The highest BCUT2D eigenvalue weighted by Gasteiger charge is 2.51. The van der Waals surface area contributed by atoms with E-state index in [1.807, 2.05) is 31.2 Å². The van der Waals surface area contributed by atoms with Crippen LogP contribution in [-0.4, -0.2) is 31.4 Å². The molecular formula is C26H28N2O2S. The first-order valence-corrected chi connectivity index (χ1v) is 12.4. The van der Waals surface area contributed by atoms with E-state index in [0.717, 1.165) is 17.7 Å². The monoisotopic (exact) mass is 432 g/mol. The topological polar surface area (TPSA) is 49.4 Å². The van der Waals surface area contributed by atoms with Gasteiger partial charge < -0.3 is 5.32 Å². The van der Waals surface area contributed by atoms with Gasteiger partial charge in [0.25, 0.3) is 0 Å². The maximum absolute atomic E-state index is 13.7. The highest BCUT2D eigenvalue weighted by atomic mass is 32.2. The zero-order valence-electron chi connectivity index (χ0n) is 17.9. The Balaban J connectivity index is 1.60. The summed E-state index contributed by atoms with van der Waals surface area (Å²) in [6, 6.07) is 26.1. The van der Waals surface area contributed by atoms with Gasteiger partial charge in [-0.15, -0.1) is 0 Å². The molecule has 1 N–H and O–H groups in total. The first-order chi connectivity index (χ1) is 15.0. The average molecular weight is 433 g/mol. The molecule has 0 aromatic heterocycles. The van der Waals surface area contributed by atoms with Crippen molar-refractivity contribution in [2.45, 2.75) is 43.2 Å². The van der Waals surface area contributed by atoms with Crippen LogP contribution in [0, 0.1) is 12.8 Å². The van der Waals surface area contributed by atoms with Gasteiger partial charge in [-0.2, -0.15) is 4.31 Å². The minimum Gasteiger partial charge on any atom is -0.380 e. The van der Waals surface area contributed by atoms with E-state index in [4.69, 9.17) is 0 Å². The third-order valence-corrected chi connectivity index (χ3v) is 8.79. The lowest BCUT2D eigenvalue weighted by Gasteiger charge is -2.38. The van der Waals surface area contributed by atoms with Gasteiger partial charge in [0.2, 0.25) is 10.0 Å². The maximum atomic E-state index is 13.7. The van der Waals surface area contributed by atoms with Crippen molar-refractivity contribution in [1.82, 2.24) is 4.31 Å². The fourth-order valence-corrected chi connectivity index (χ4v) is 7.17. The van der Waals surface area contributed by atoms with Gasteiger partial charge in [0, 0.05) is 36.2 Å². The third kappa shape index (κ3) is 3.36. The summed E-state index contributed by atoms with van der Waals surface area (Å²) in [6.07, 6.45) is 0.767. The summed E-state index contributed by atoms with van der Waals surface area (Å²) in [5.74, 6) is 0.332. The van der Waals surface area contributed by atoms with Gasteiger partial charge in [0.1, 0.15) is 0 Å². The van der Waals surface area contributed by atoms with E-state index in [1.54, 1.807) is 16.4 Å². The normalized spacial score (nSPS) is 25.5. The minimum atomic E-state index is -3.57. The van der Waals surface area contributed by atoms with Crippen LogP contribution >= 0.6 is 0 Å². The van der Waals surface area contributed by atoms with Crippen LogP contribution in [0.2, 0.25) is 0 Å². The maximum Gasteiger partial charge on any atom is 0.243 e. The van der Waals surface area contributed by atoms with Crippen molar-refractivity contribution in [1.29, 1.82) is 0 Å². The van der Waals surface area contributed by atoms with E-state index < -0.39 is 10.0 Å². The predicted octanol–water partition coefficient (Wildman–Crippen LogP) is 5.02. The number of para-hydroxylation sites is 1. The lowest BCUT2D eigenvalue weighted by molar-refractivity contribution is 0.369. The molecule has 0 aliphatic carbocycles. The zero-order chi connectivity index (χ0) is 21.6. The van der Waals surface area contributed by atoms with Gasteiger partial charge in [-0.25, -0.2) is 8.42 Å². The van der Waals surface area contributed by atoms with Crippen LogP contribution in [0.3, 0.4) is 0 Å². The lowest BCUT2D eigenvalue weighted by Crippen LogP contribution is -2.44. The standard InChI is InChI=1S/C26H28N2O2S/c1-3-24-26-22(17-28(24)31(29,30)20-15-13-18(2)14-16-20)25(19-9-5-4-6-10-19)21-11-7-8-12-23(21)27-26/h4-16,22,24-27H,3,17H2,1-2H3/t22-,24?,25?,26-/m1/s1. The van der Waals surface area contributed by atoms with E-state index in [9.17, 15) is 8.42 Å². The first kappa shape index (κ1) is 20.3. The predicted molar refractivity (Wildman–Crippen MR) is 125 cm³/mol. The van der Waals surface area contributed by atoms with Gasteiger partial charge in [-0.3, -0.25) is 0 Å². The molecule has 0 saturated carbocycles. The summed E-state index contributed by atoms with van der Waals surface area (Å²) in [5.41, 5.74) is 4.67. The van der Waals surface area contributed by atoms with Crippen LogP contribution in [0.4, 0.5) is 5.69 Å². The molecule has 31 heavy (non-hydrogen) atoms. The van der Waals surface area contributed by atoms with Crippen molar-refractivity contribution in [3.63, 3.8) is 0 Å². The first-order valence-electron chi connectivity index (χ1n) is 11.0. The molecule has 2 unspecified atom stereocenters. The average Bonchev–Trinajstić information content (AvgIpc) is 3.17. The zero-order valence-corrected chi connectivity index (χ0v) is 18.7. The Morgan fingerprint density at radius 2 is 1.61 bits per heavy atom. The molecule has 160 valence electrons. The molecule has 4 atom stereocenters. The number of aryl methyl sites for hydroxylation is 1. The van der Waals surface area contributed by atoms with Crippen LogP contribution in [-0.2, 0) is 10.0 Å². The van der Waals surface area contributed by atoms with Crippen molar-refractivity contribution in [3.05, 3.63) is 95.6 Å². The second-order valence-corrected chi connectivity index (χ2v) is 10.6. The lowest BCUT2D eigenvalue weighted by atomic mass is 9.74. The number of nitrogens with zero attached hydrogens (tertiary/aromatic N) is 1. The highest BCUT2D eigenvalue weighted by Crippen LogP contribution is 2.48. The van der Waals surface area contributed by atoms with Crippen molar-refractivity contribution in [3.8, 4) is 0 Å². The molecule has 5 heteroatoms. The smallest absolute Gasteiger partial charge is 0.243 e. The minimum absolute atomic E-state index is 0.0744. The molecule has 0 amide bonds. The largest absolute Gasteiger partial charge is 0.380 e. The van der Waals surface area contributed by atoms with Crippen molar-refractivity contribution >= 4 is 15.7 Å². The highest BCUT2D eigenvalue weighted by molar-refractivity contribution is 7.89. The SMILES string of the molecule is CCC1[C@@H]2Nc3ccccc3C(c3ccccc3)[C@H]2CN1S(=O)(=O)c1ccc(C)cc1. The number of benzene rings is 3. The van der Waals surface area contributed by atoms with Gasteiger partial charge in [0.05, 0.1) is 4.90 Å². The Kier molecular flexibility index (Phi) is 5.11. The second kappa shape index (κ2) is 7.81. The van der Waals surface area contributed by atoms with Crippen LogP contribution in [0.1, 0.15) is 36.0 Å². The summed E-state index contributed by atoms with van der Waals surface area (Å²) in [4.78, 5) is 0.379. The molecule has 0 bridgehead atoms. The van der Waals surface area contributed by atoms with Crippen molar-refractivity contribution in [2.24, 2.45) is 5.92 Å². The summed E-state index contributed by atoms with van der Waals surface area (Å²) < 4.78 is 29.1. The molecule has 0 radical (unpaired) electrons. The Morgan fingerprint density at radius 1 is 0.935 bits per heavy atom. The van der Waals surface area contributed by atoms with Crippen molar-refractivity contribution in [2.75, 3.05) is 11.9 Å². The number of hydrogen-bond donors (Lipinski definition) is 1. The fourth-order valence-electron chi connectivity index (χ4n) is 5.41. The Hall–Kier alpha value is -2.63. The third-order valence-electron chi connectivity index (χ3n) is 6.89. The molecule has 2 heterocycles. The number of hydrogen-bond acceptors (Lipinski definition) is 3.